The first kappa shape index (κ1) is 13.5. The number of ether oxygens (including phenoxy) is 1. The number of benzene rings is 1. The standard InChI is InChI=1S/C15H14ClN5O/c16-11-8-18-15(22-10-5-6-17-7-10)20-14(11)21-9-19-12-3-1-2-4-13(12)21/h1-4,8-10,17H,5-7H2/t10-/m1/s1. The number of hydrogen-bond acceptors (Lipinski definition) is 5. The fraction of sp³-hybridized carbons (Fsp3) is 0.267. The largest absolute Gasteiger partial charge is 0.459 e. The second-order valence-electron chi connectivity index (χ2n) is 5.16. The Morgan fingerprint density at radius 2 is 2.18 bits per heavy atom. The summed E-state index contributed by atoms with van der Waals surface area (Å²) in [6, 6.07) is 8.16. The van der Waals surface area contributed by atoms with Gasteiger partial charge in [-0.3, -0.25) is 4.57 Å². The van der Waals surface area contributed by atoms with Crippen LogP contribution in [0.2, 0.25) is 5.02 Å². The summed E-state index contributed by atoms with van der Waals surface area (Å²) in [5.41, 5.74) is 1.83. The van der Waals surface area contributed by atoms with Gasteiger partial charge in [0.25, 0.3) is 0 Å². The predicted octanol–water partition coefficient (Wildman–Crippen LogP) is 2.21. The van der Waals surface area contributed by atoms with Crippen molar-refractivity contribution in [3.8, 4) is 11.8 Å². The number of nitrogens with one attached hydrogen (secondary N) is 1. The first-order valence-corrected chi connectivity index (χ1v) is 7.51. The molecule has 1 aromatic carbocycles. The van der Waals surface area contributed by atoms with E-state index in [1.54, 1.807) is 12.5 Å². The van der Waals surface area contributed by atoms with Crippen LogP contribution >= 0.6 is 11.6 Å². The van der Waals surface area contributed by atoms with Gasteiger partial charge in [-0.1, -0.05) is 23.7 Å². The van der Waals surface area contributed by atoms with Crippen LogP contribution in [0, 0.1) is 0 Å². The third-order valence-corrected chi connectivity index (χ3v) is 3.94. The molecular formula is C15H14ClN5O. The van der Waals surface area contributed by atoms with Crippen molar-refractivity contribution in [3.63, 3.8) is 0 Å². The third kappa shape index (κ3) is 2.40. The van der Waals surface area contributed by atoms with Gasteiger partial charge in [0, 0.05) is 6.54 Å². The van der Waals surface area contributed by atoms with Crippen LogP contribution in [0.4, 0.5) is 0 Å². The van der Waals surface area contributed by atoms with Crippen LogP contribution in [0.15, 0.2) is 36.8 Å². The molecule has 22 heavy (non-hydrogen) atoms. The molecule has 112 valence electrons. The Hall–Kier alpha value is -2.18. The number of rotatable bonds is 3. The first-order chi connectivity index (χ1) is 10.8. The summed E-state index contributed by atoms with van der Waals surface area (Å²) in [5.74, 6) is 0.575. The van der Waals surface area contributed by atoms with E-state index >= 15 is 0 Å². The highest BCUT2D eigenvalue weighted by Gasteiger charge is 2.18. The summed E-state index contributed by atoms with van der Waals surface area (Å²) in [7, 11) is 0. The highest BCUT2D eigenvalue weighted by atomic mass is 35.5. The number of hydrogen-bond donors (Lipinski definition) is 1. The number of aromatic nitrogens is 4. The van der Waals surface area contributed by atoms with Crippen LogP contribution in [0.3, 0.4) is 0 Å². The molecule has 3 heterocycles. The molecule has 6 nitrogen and oxygen atoms in total. The van der Waals surface area contributed by atoms with Crippen LogP contribution < -0.4 is 10.1 Å². The zero-order chi connectivity index (χ0) is 14.9. The maximum absolute atomic E-state index is 6.26. The van der Waals surface area contributed by atoms with Gasteiger partial charge >= 0.3 is 6.01 Å². The number of imidazole rings is 1. The molecule has 0 radical (unpaired) electrons. The topological polar surface area (TPSA) is 64.9 Å². The van der Waals surface area contributed by atoms with Crippen molar-refractivity contribution in [1.82, 2.24) is 24.8 Å². The Kier molecular flexibility index (Phi) is 3.40. The minimum Gasteiger partial charge on any atom is -0.459 e. The molecule has 1 fully saturated rings. The molecule has 2 aromatic heterocycles. The van der Waals surface area contributed by atoms with E-state index in [4.69, 9.17) is 16.3 Å². The summed E-state index contributed by atoms with van der Waals surface area (Å²) >= 11 is 6.26. The van der Waals surface area contributed by atoms with Gasteiger partial charge in [-0.25, -0.2) is 9.97 Å². The van der Waals surface area contributed by atoms with Crippen molar-refractivity contribution < 1.29 is 4.74 Å². The van der Waals surface area contributed by atoms with Gasteiger partial charge in [-0.2, -0.15) is 4.98 Å². The van der Waals surface area contributed by atoms with E-state index in [-0.39, 0.29) is 6.10 Å². The summed E-state index contributed by atoms with van der Waals surface area (Å²) < 4.78 is 7.65. The molecule has 1 saturated heterocycles. The van der Waals surface area contributed by atoms with Gasteiger partial charge in [0.2, 0.25) is 0 Å². The maximum atomic E-state index is 6.26. The summed E-state index contributed by atoms with van der Waals surface area (Å²) in [5, 5.41) is 3.71. The van der Waals surface area contributed by atoms with Gasteiger partial charge in [0.1, 0.15) is 17.5 Å². The normalized spacial score (nSPS) is 18.0. The van der Waals surface area contributed by atoms with E-state index in [2.05, 4.69) is 20.3 Å². The van der Waals surface area contributed by atoms with Gasteiger partial charge in [0.05, 0.1) is 17.2 Å². The molecule has 0 bridgehead atoms. The molecule has 3 aromatic rings. The highest BCUT2D eigenvalue weighted by Crippen LogP contribution is 2.24. The predicted molar refractivity (Wildman–Crippen MR) is 83.6 cm³/mol. The Morgan fingerprint density at radius 1 is 1.27 bits per heavy atom. The molecule has 0 aliphatic carbocycles. The van der Waals surface area contributed by atoms with E-state index < -0.39 is 0 Å². The third-order valence-electron chi connectivity index (χ3n) is 3.67. The molecule has 1 atom stereocenters. The van der Waals surface area contributed by atoms with E-state index in [0.717, 1.165) is 30.5 Å². The van der Waals surface area contributed by atoms with Gasteiger partial charge in [-0.15, -0.1) is 0 Å². The molecule has 1 N–H and O–H groups in total. The molecule has 0 unspecified atom stereocenters. The Labute approximate surface area is 132 Å². The lowest BCUT2D eigenvalue weighted by Crippen LogP contribution is -2.21. The quantitative estimate of drug-likeness (QED) is 0.803. The maximum Gasteiger partial charge on any atom is 0.318 e. The van der Waals surface area contributed by atoms with Gasteiger partial charge in [-0.05, 0) is 25.1 Å². The summed E-state index contributed by atoms with van der Waals surface area (Å²) in [6.07, 6.45) is 4.33. The lowest BCUT2D eigenvalue weighted by atomic mass is 10.3. The molecule has 0 saturated carbocycles. The fourth-order valence-electron chi connectivity index (χ4n) is 2.57. The van der Waals surface area contributed by atoms with Gasteiger partial charge < -0.3 is 10.1 Å². The molecule has 4 rings (SSSR count). The van der Waals surface area contributed by atoms with Crippen LogP contribution in [0.25, 0.3) is 16.9 Å². The monoisotopic (exact) mass is 315 g/mol. The van der Waals surface area contributed by atoms with Crippen molar-refractivity contribution in [3.05, 3.63) is 41.8 Å². The first-order valence-electron chi connectivity index (χ1n) is 7.13. The number of fused-ring (bicyclic) bond motifs is 1. The number of halogens is 1. The molecule has 0 spiro atoms. The lowest BCUT2D eigenvalue weighted by molar-refractivity contribution is 0.204. The zero-order valence-electron chi connectivity index (χ0n) is 11.7. The summed E-state index contributed by atoms with van der Waals surface area (Å²) in [6.45, 7) is 1.77. The SMILES string of the molecule is Clc1cnc(O[C@@H]2CCNC2)nc1-n1cnc2ccccc21. The second-order valence-corrected chi connectivity index (χ2v) is 5.57. The minimum absolute atomic E-state index is 0.105. The number of nitrogens with zero attached hydrogens (tertiary/aromatic N) is 4. The van der Waals surface area contributed by atoms with Crippen molar-refractivity contribution in [2.75, 3.05) is 13.1 Å². The lowest BCUT2D eigenvalue weighted by Gasteiger charge is -2.12. The Balaban J connectivity index is 1.74. The average molecular weight is 316 g/mol. The zero-order valence-corrected chi connectivity index (χ0v) is 12.5. The van der Waals surface area contributed by atoms with E-state index in [0.29, 0.717) is 16.9 Å². The van der Waals surface area contributed by atoms with Crippen LogP contribution in [0.5, 0.6) is 6.01 Å². The van der Waals surface area contributed by atoms with Crippen molar-refractivity contribution in [2.24, 2.45) is 0 Å². The minimum atomic E-state index is 0.105. The van der Waals surface area contributed by atoms with Crippen LogP contribution in [-0.2, 0) is 0 Å². The van der Waals surface area contributed by atoms with Gasteiger partial charge in [0.15, 0.2) is 5.82 Å². The smallest absolute Gasteiger partial charge is 0.318 e. The Morgan fingerprint density at radius 3 is 3.05 bits per heavy atom. The van der Waals surface area contributed by atoms with E-state index in [9.17, 15) is 0 Å². The van der Waals surface area contributed by atoms with Crippen molar-refractivity contribution >= 4 is 22.6 Å². The van der Waals surface area contributed by atoms with E-state index in [1.165, 1.54) is 0 Å². The molecular weight excluding hydrogens is 302 g/mol. The highest BCUT2D eigenvalue weighted by molar-refractivity contribution is 6.32. The number of para-hydroxylation sites is 2. The molecule has 7 heteroatoms. The van der Waals surface area contributed by atoms with Crippen LogP contribution in [0.1, 0.15) is 6.42 Å². The molecule has 1 aliphatic rings. The summed E-state index contributed by atoms with van der Waals surface area (Å²) in [4.78, 5) is 13.0. The van der Waals surface area contributed by atoms with Crippen molar-refractivity contribution in [2.45, 2.75) is 12.5 Å². The fourth-order valence-corrected chi connectivity index (χ4v) is 2.76. The van der Waals surface area contributed by atoms with Crippen LogP contribution in [-0.4, -0.2) is 38.7 Å². The van der Waals surface area contributed by atoms with E-state index in [1.807, 2.05) is 28.8 Å². The van der Waals surface area contributed by atoms with Crippen molar-refractivity contribution in [1.29, 1.82) is 0 Å². The molecule has 1 aliphatic heterocycles. The Bertz CT molecular complexity index is 813. The average Bonchev–Trinajstić information content (AvgIpc) is 3.19. The molecule has 0 amide bonds. The second kappa shape index (κ2) is 5.55.